The summed E-state index contributed by atoms with van der Waals surface area (Å²) in [5.41, 5.74) is 1.78. The van der Waals surface area contributed by atoms with Crippen molar-refractivity contribution in [3.05, 3.63) is 51.4 Å². The minimum Gasteiger partial charge on any atom is -0.480 e. The Morgan fingerprint density at radius 3 is 2.08 bits per heavy atom. The summed E-state index contributed by atoms with van der Waals surface area (Å²) in [6, 6.07) is 11.3. The van der Waals surface area contributed by atoms with Crippen molar-refractivity contribution in [2.45, 2.75) is 24.8 Å². The van der Waals surface area contributed by atoms with Gasteiger partial charge in [-0.05, 0) is 57.2 Å². The van der Waals surface area contributed by atoms with Crippen LogP contribution in [0.4, 0.5) is 0 Å². The van der Waals surface area contributed by atoms with Crippen molar-refractivity contribution in [3.8, 4) is 11.1 Å². The lowest BCUT2D eigenvalue weighted by Crippen LogP contribution is -2.44. The van der Waals surface area contributed by atoms with Crippen molar-refractivity contribution in [3.63, 3.8) is 0 Å². The molecule has 0 spiro atoms. The predicted molar refractivity (Wildman–Crippen MR) is 104 cm³/mol. The van der Waals surface area contributed by atoms with E-state index in [-0.39, 0.29) is 10.8 Å². The second-order valence-corrected chi connectivity index (χ2v) is 9.29. The number of rotatable bonds is 6. The van der Waals surface area contributed by atoms with Crippen LogP contribution < -0.4 is 4.72 Å². The summed E-state index contributed by atoms with van der Waals surface area (Å²) in [4.78, 5) is 11.3. The maximum absolute atomic E-state index is 12.6. The zero-order valence-corrected chi connectivity index (χ0v) is 17.5. The van der Waals surface area contributed by atoms with Gasteiger partial charge in [-0.25, -0.2) is 8.42 Å². The molecule has 0 aliphatic heterocycles. The van der Waals surface area contributed by atoms with Gasteiger partial charge in [-0.15, -0.1) is 0 Å². The standard InChI is InChI=1S/C17H17Br2NO4S/c1-10(2)16(17(21)22)20-25(23,24)15-8-5-12(9-14(15)19)11-3-6-13(18)7-4-11/h3-10,16,20H,1-2H3,(H,21,22). The van der Waals surface area contributed by atoms with Crippen LogP contribution in [0.1, 0.15) is 13.8 Å². The SMILES string of the molecule is CC(C)C(NS(=O)(=O)c1ccc(-c2ccc(Br)cc2)cc1Br)C(=O)O. The molecule has 0 saturated carbocycles. The van der Waals surface area contributed by atoms with Gasteiger partial charge in [-0.3, -0.25) is 4.79 Å². The number of carboxylic acid groups (broad SMARTS) is 1. The van der Waals surface area contributed by atoms with Crippen LogP contribution in [0.15, 0.2) is 56.3 Å². The summed E-state index contributed by atoms with van der Waals surface area (Å²) in [5, 5.41) is 9.20. The van der Waals surface area contributed by atoms with Gasteiger partial charge in [0.2, 0.25) is 10.0 Å². The molecule has 0 fully saturated rings. The number of nitrogens with one attached hydrogen (secondary N) is 1. The fraction of sp³-hybridized carbons (Fsp3) is 0.235. The van der Waals surface area contributed by atoms with E-state index in [1.54, 1.807) is 26.0 Å². The molecule has 2 aromatic rings. The highest BCUT2D eigenvalue weighted by Crippen LogP contribution is 2.29. The fourth-order valence-corrected chi connectivity index (χ4v) is 4.92. The number of aliphatic carboxylic acids is 1. The number of benzene rings is 2. The van der Waals surface area contributed by atoms with Crippen LogP contribution in [0.5, 0.6) is 0 Å². The molecule has 0 amide bonds. The molecule has 5 nitrogen and oxygen atoms in total. The van der Waals surface area contributed by atoms with Crippen LogP contribution in [0.3, 0.4) is 0 Å². The van der Waals surface area contributed by atoms with Crippen molar-refractivity contribution < 1.29 is 18.3 Å². The Morgan fingerprint density at radius 1 is 1.04 bits per heavy atom. The number of hydrogen-bond donors (Lipinski definition) is 2. The molecular formula is C17H17Br2NO4S. The predicted octanol–water partition coefficient (Wildman–Crippen LogP) is 4.27. The summed E-state index contributed by atoms with van der Waals surface area (Å²) in [6.45, 7) is 3.29. The van der Waals surface area contributed by atoms with Crippen LogP contribution in [0.2, 0.25) is 0 Å². The van der Waals surface area contributed by atoms with Crippen molar-refractivity contribution in [2.24, 2.45) is 5.92 Å². The summed E-state index contributed by atoms with van der Waals surface area (Å²) >= 11 is 6.65. The van der Waals surface area contributed by atoms with E-state index in [0.29, 0.717) is 4.47 Å². The summed E-state index contributed by atoms with van der Waals surface area (Å²) < 4.78 is 28.7. The second kappa shape index (κ2) is 7.99. The first kappa shape index (κ1) is 20.1. The lowest BCUT2D eigenvalue weighted by molar-refractivity contribution is -0.140. The van der Waals surface area contributed by atoms with E-state index >= 15 is 0 Å². The molecule has 0 aliphatic carbocycles. The molecule has 0 saturated heterocycles. The van der Waals surface area contributed by atoms with E-state index in [1.807, 2.05) is 24.3 Å². The first-order chi connectivity index (χ1) is 11.6. The van der Waals surface area contributed by atoms with E-state index < -0.39 is 22.0 Å². The highest BCUT2D eigenvalue weighted by molar-refractivity contribution is 9.10. The average molecular weight is 491 g/mol. The Kier molecular flexibility index (Phi) is 6.42. The first-order valence-electron chi connectivity index (χ1n) is 7.42. The summed E-state index contributed by atoms with van der Waals surface area (Å²) in [5.74, 6) is -1.59. The monoisotopic (exact) mass is 489 g/mol. The van der Waals surface area contributed by atoms with Gasteiger partial charge in [-0.1, -0.05) is 48.0 Å². The molecule has 0 radical (unpaired) electrons. The molecule has 25 heavy (non-hydrogen) atoms. The van der Waals surface area contributed by atoms with Crippen LogP contribution in [-0.2, 0) is 14.8 Å². The van der Waals surface area contributed by atoms with Gasteiger partial charge in [0, 0.05) is 8.95 Å². The van der Waals surface area contributed by atoms with Crippen molar-refractivity contribution >= 4 is 47.9 Å². The van der Waals surface area contributed by atoms with Gasteiger partial charge >= 0.3 is 5.97 Å². The van der Waals surface area contributed by atoms with Crippen molar-refractivity contribution in [1.82, 2.24) is 4.72 Å². The Morgan fingerprint density at radius 2 is 1.60 bits per heavy atom. The Bertz CT molecular complexity index is 880. The van der Waals surface area contributed by atoms with E-state index in [2.05, 4.69) is 36.6 Å². The van der Waals surface area contributed by atoms with Crippen LogP contribution in [-0.4, -0.2) is 25.5 Å². The molecule has 1 atom stereocenters. The molecule has 0 aromatic heterocycles. The van der Waals surface area contributed by atoms with E-state index in [4.69, 9.17) is 0 Å². The Balaban J connectivity index is 2.36. The lowest BCUT2D eigenvalue weighted by atomic mass is 10.1. The van der Waals surface area contributed by atoms with Gasteiger partial charge in [0.25, 0.3) is 0 Å². The zero-order chi connectivity index (χ0) is 18.8. The Labute approximate surface area is 163 Å². The third-order valence-electron chi connectivity index (χ3n) is 3.61. The van der Waals surface area contributed by atoms with E-state index in [0.717, 1.165) is 15.6 Å². The number of hydrogen-bond acceptors (Lipinski definition) is 3. The van der Waals surface area contributed by atoms with Crippen LogP contribution in [0.25, 0.3) is 11.1 Å². The van der Waals surface area contributed by atoms with Gasteiger partial charge in [0.05, 0.1) is 4.90 Å². The van der Waals surface area contributed by atoms with Crippen molar-refractivity contribution in [1.29, 1.82) is 0 Å². The largest absolute Gasteiger partial charge is 0.480 e. The molecule has 134 valence electrons. The van der Waals surface area contributed by atoms with Gasteiger partial charge in [-0.2, -0.15) is 4.72 Å². The van der Waals surface area contributed by atoms with E-state index in [9.17, 15) is 18.3 Å². The normalized spacial score (nSPS) is 13.0. The number of carboxylic acids is 1. The van der Waals surface area contributed by atoms with Gasteiger partial charge < -0.3 is 5.11 Å². The molecule has 1 unspecified atom stereocenters. The van der Waals surface area contributed by atoms with Crippen LogP contribution in [0, 0.1) is 5.92 Å². The molecule has 0 bridgehead atoms. The topological polar surface area (TPSA) is 83.5 Å². The minimum atomic E-state index is -3.97. The zero-order valence-electron chi connectivity index (χ0n) is 13.5. The molecule has 0 heterocycles. The molecule has 2 N–H and O–H groups in total. The smallest absolute Gasteiger partial charge is 0.322 e. The summed E-state index contributed by atoms with van der Waals surface area (Å²) in [7, 11) is -3.97. The fourth-order valence-electron chi connectivity index (χ4n) is 2.24. The summed E-state index contributed by atoms with van der Waals surface area (Å²) in [6.07, 6.45) is 0. The lowest BCUT2D eigenvalue weighted by Gasteiger charge is -2.18. The molecule has 2 rings (SSSR count). The molecular weight excluding hydrogens is 474 g/mol. The number of sulfonamides is 1. The van der Waals surface area contributed by atoms with Gasteiger partial charge in [0.15, 0.2) is 0 Å². The third kappa shape index (κ3) is 4.91. The highest BCUT2D eigenvalue weighted by Gasteiger charge is 2.29. The minimum absolute atomic E-state index is 0.000242. The maximum Gasteiger partial charge on any atom is 0.322 e. The molecule has 0 aliphatic rings. The Hall–Kier alpha value is -1.22. The first-order valence-corrected chi connectivity index (χ1v) is 10.5. The van der Waals surface area contributed by atoms with Gasteiger partial charge in [0.1, 0.15) is 6.04 Å². The van der Waals surface area contributed by atoms with E-state index in [1.165, 1.54) is 6.07 Å². The quantitative estimate of drug-likeness (QED) is 0.633. The second-order valence-electron chi connectivity index (χ2n) is 5.83. The average Bonchev–Trinajstić information content (AvgIpc) is 2.52. The third-order valence-corrected chi connectivity index (χ3v) is 6.56. The van der Waals surface area contributed by atoms with Crippen molar-refractivity contribution in [2.75, 3.05) is 0 Å². The highest BCUT2D eigenvalue weighted by atomic mass is 79.9. The maximum atomic E-state index is 12.6. The van der Waals surface area contributed by atoms with Crippen LogP contribution >= 0.6 is 31.9 Å². The number of carbonyl (C=O) groups is 1. The number of halogens is 2. The molecule has 2 aromatic carbocycles. The molecule has 8 heteroatoms.